The first-order valence-corrected chi connectivity index (χ1v) is 13.6. The second-order valence-corrected chi connectivity index (χ2v) is 10.1. The molecule has 0 fully saturated rings. The summed E-state index contributed by atoms with van der Waals surface area (Å²) in [6.45, 7) is 1.90. The van der Waals surface area contributed by atoms with Gasteiger partial charge in [-0.05, 0) is 34.7 Å². The van der Waals surface area contributed by atoms with E-state index in [9.17, 15) is 19.5 Å². The van der Waals surface area contributed by atoms with Gasteiger partial charge in [0, 0.05) is 18.5 Å². The number of carbonyl (C=O) groups excluding carboxylic acids is 2. The Morgan fingerprint density at radius 3 is 2.21 bits per heavy atom. The predicted octanol–water partition coefficient (Wildman–Crippen LogP) is 4.25. The van der Waals surface area contributed by atoms with Gasteiger partial charge in [0.15, 0.2) is 6.04 Å². The predicted molar refractivity (Wildman–Crippen MR) is 155 cm³/mol. The van der Waals surface area contributed by atoms with E-state index in [2.05, 4.69) is 27.9 Å². The van der Waals surface area contributed by atoms with Gasteiger partial charge in [-0.25, -0.2) is 9.59 Å². The molecule has 1 aliphatic carbocycles. The third-order valence-electron chi connectivity index (χ3n) is 7.37. The summed E-state index contributed by atoms with van der Waals surface area (Å²) >= 11 is 0. The van der Waals surface area contributed by atoms with Gasteiger partial charge < -0.3 is 25.2 Å². The summed E-state index contributed by atoms with van der Waals surface area (Å²) < 4.78 is 12.6. The molecule has 2 atom stereocenters. The largest absolute Gasteiger partial charge is 0.480 e. The van der Waals surface area contributed by atoms with Gasteiger partial charge in [0.1, 0.15) is 12.3 Å². The minimum absolute atomic E-state index is 0.0366. The third kappa shape index (κ3) is 6.18. The lowest BCUT2D eigenvalue weighted by Crippen LogP contribution is -2.49. The maximum Gasteiger partial charge on any atom is 0.407 e. The number of ether oxygens (including phenoxy) is 2. The SMILES string of the molecule is C[C@@H](OCc1ccccc1)[C@H](NC(=O)c1c(CNC(=O)OCC2c3ccccc3-c3ccccc32)cnn1C)C(=O)O. The summed E-state index contributed by atoms with van der Waals surface area (Å²) in [7, 11) is 1.57. The number of aliphatic carboxylic acids is 1. The molecule has 0 unspecified atom stereocenters. The number of carboxylic acid groups (broad SMARTS) is 1. The van der Waals surface area contributed by atoms with Gasteiger partial charge in [0.2, 0.25) is 0 Å². The Bertz CT molecular complexity index is 1540. The van der Waals surface area contributed by atoms with E-state index < -0.39 is 30.1 Å². The molecule has 3 aromatic carbocycles. The monoisotopic (exact) mass is 568 g/mol. The fourth-order valence-corrected chi connectivity index (χ4v) is 5.21. The molecule has 0 bridgehead atoms. The number of fused-ring (bicyclic) bond motifs is 3. The number of nitrogens with one attached hydrogen (secondary N) is 2. The van der Waals surface area contributed by atoms with Crippen LogP contribution < -0.4 is 10.6 Å². The number of rotatable bonds is 11. The lowest BCUT2D eigenvalue weighted by Gasteiger charge is -2.22. The number of aromatic nitrogens is 2. The standard InChI is InChI=1S/C32H32N4O6/c1-20(41-18-21-10-4-3-5-11-21)28(31(38)39)35-30(37)29-22(17-34-36(29)2)16-33-32(40)42-19-27-25-14-8-6-12-23(25)24-13-7-9-15-26(24)27/h3-15,17,20,27-28H,16,18-19H2,1-2H3,(H,33,40)(H,35,37)(H,38,39)/t20-,28+/m1/s1. The summed E-state index contributed by atoms with van der Waals surface area (Å²) in [5.41, 5.74) is 5.88. The number of aryl methyl sites for hydroxylation is 1. The number of hydrogen-bond donors (Lipinski definition) is 3. The summed E-state index contributed by atoms with van der Waals surface area (Å²) in [5, 5.41) is 19.1. The van der Waals surface area contributed by atoms with Gasteiger partial charge in [-0.2, -0.15) is 5.10 Å². The fraction of sp³-hybridized carbons (Fsp3) is 0.250. The van der Waals surface area contributed by atoms with Gasteiger partial charge >= 0.3 is 12.1 Å². The molecule has 1 aromatic heterocycles. The molecule has 42 heavy (non-hydrogen) atoms. The quantitative estimate of drug-likeness (QED) is 0.247. The minimum atomic E-state index is -1.31. The Morgan fingerprint density at radius 2 is 1.57 bits per heavy atom. The van der Waals surface area contributed by atoms with Crippen molar-refractivity contribution in [3.8, 4) is 11.1 Å². The maximum absolute atomic E-state index is 13.2. The highest BCUT2D eigenvalue weighted by Crippen LogP contribution is 2.44. The molecule has 5 rings (SSSR count). The van der Waals surface area contributed by atoms with Crippen LogP contribution in [0.15, 0.2) is 85.1 Å². The average Bonchev–Trinajstić information content (AvgIpc) is 3.54. The van der Waals surface area contributed by atoms with Crippen molar-refractivity contribution in [2.45, 2.75) is 38.1 Å². The van der Waals surface area contributed by atoms with Gasteiger partial charge in [-0.1, -0.05) is 78.9 Å². The molecular formula is C32H32N4O6. The summed E-state index contributed by atoms with van der Waals surface area (Å²) in [5.74, 6) is -1.96. The molecule has 3 N–H and O–H groups in total. The number of hydrogen-bond acceptors (Lipinski definition) is 6. The first kappa shape index (κ1) is 28.6. The van der Waals surface area contributed by atoms with E-state index in [-0.39, 0.29) is 31.4 Å². The zero-order chi connectivity index (χ0) is 29.6. The average molecular weight is 569 g/mol. The van der Waals surface area contributed by atoms with E-state index in [1.165, 1.54) is 10.9 Å². The topological polar surface area (TPSA) is 132 Å². The Kier molecular flexibility index (Phi) is 8.63. The van der Waals surface area contributed by atoms with Gasteiger partial charge in [-0.15, -0.1) is 0 Å². The molecule has 10 heteroatoms. The molecule has 0 saturated heterocycles. The van der Waals surface area contributed by atoms with Crippen LogP contribution in [0, 0.1) is 0 Å². The maximum atomic E-state index is 13.2. The number of nitrogens with zero attached hydrogens (tertiary/aromatic N) is 2. The second-order valence-electron chi connectivity index (χ2n) is 10.1. The fourth-order valence-electron chi connectivity index (χ4n) is 5.21. The third-order valence-corrected chi connectivity index (χ3v) is 7.37. The minimum Gasteiger partial charge on any atom is -0.480 e. The van der Waals surface area contributed by atoms with Gasteiger partial charge in [-0.3, -0.25) is 9.48 Å². The van der Waals surface area contributed by atoms with E-state index >= 15 is 0 Å². The van der Waals surface area contributed by atoms with Crippen molar-refractivity contribution in [3.05, 3.63) is 113 Å². The van der Waals surface area contributed by atoms with Crippen LogP contribution in [0.1, 0.15) is 45.6 Å². The van der Waals surface area contributed by atoms with E-state index in [0.29, 0.717) is 5.56 Å². The van der Waals surface area contributed by atoms with E-state index in [1.54, 1.807) is 14.0 Å². The van der Waals surface area contributed by atoms with Crippen molar-refractivity contribution in [3.63, 3.8) is 0 Å². The van der Waals surface area contributed by atoms with Crippen molar-refractivity contribution in [1.29, 1.82) is 0 Å². The Hall–Kier alpha value is -4.96. The number of alkyl carbamates (subject to hydrolysis) is 1. The highest BCUT2D eigenvalue weighted by molar-refractivity contribution is 5.96. The zero-order valence-corrected chi connectivity index (χ0v) is 23.3. The molecule has 216 valence electrons. The van der Waals surface area contributed by atoms with Gasteiger partial charge in [0.05, 0.1) is 25.5 Å². The first-order chi connectivity index (χ1) is 20.3. The van der Waals surface area contributed by atoms with Gasteiger partial charge in [0.25, 0.3) is 5.91 Å². The lowest BCUT2D eigenvalue weighted by molar-refractivity contribution is -0.143. The molecule has 0 saturated carbocycles. The van der Waals surface area contributed by atoms with Crippen LogP contribution in [-0.4, -0.2) is 51.6 Å². The normalized spacial score (nSPS) is 13.5. The molecule has 10 nitrogen and oxygen atoms in total. The van der Waals surface area contributed by atoms with Crippen LogP contribution in [-0.2, 0) is 34.5 Å². The zero-order valence-electron chi connectivity index (χ0n) is 23.3. The molecule has 4 aromatic rings. The number of carboxylic acids is 1. The number of benzene rings is 3. The van der Waals surface area contributed by atoms with Crippen molar-refractivity contribution >= 4 is 18.0 Å². The van der Waals surface area contributed by atoms with E-state index in [1.807, 2.05) is 66.7 Å². The summed E-state index contributed by atoms with van der Waals surface area (Å²) in [6.07, 6.45) is -0.00951. The Labute approximate surface area is 243 Å². The molecule has 2 amide bonds. The molecule has 0 spiro atoms. The number of amides is 2. The van der Waals surface area contributed by atoms with Crippen LogP contribution in [0.25, 0.3) is 11.1 Å². The smallest absolute Gasteiger partial charge is 0.407 e. The van der Waals surface area contributed by atoms with Crippen LogP contribution in [0.2, 0.25) is 0 Å². The molecule has 0 radical (unpaired) electrons. The molecule has 0 aliphatic heterocycles. The van der Waals surface area contributed by atoms with Crippen LogP contribution in [0.5, 0.6) is 0 Å². The van der Waals surface area contributed by atoms with E-state index in [0.717, 1.165) is 27.8 Å². The van der Waals surface area contributed by atoms with Crippen LogP contribution in [0.4, 0.5) is 4.79 Å². The first-order valence-electron chi connectivity index (χ1n) is 13.6. The van der Waals surface area contributed by atoms with Crippen LogP contribution in [0.3, 0.4) is 0 Å². The van der Waals surface area contributed by atoms with Crippen LogP contribution >= 0.6 is 0 Å². The van der Waals surface area contributed by atoms with Crippen molar-refractivity contribution in [2.24, 2.45) is 7.05 Å². The van der Waals surface area contributed by atoms with Crippen molar-refractivity contribution in [1.82, 2.24) is 20.4 Å². The summed E-state index contributed by atoms with van der Waals surface area (Å²) in [4.78, 5) is 37.8. The van der Waals surface area contributed by atoms with E-state index in [4.69, 9.17) is 9.47 Å². The Morgan fingerprint density at radius 1 is 0.952 bits per heavy atom. The Balaban J connectivity index is 1.18. The summed E-state index contributed by atoms with van der Waals surface area (Å²) in [6, 6.07) is 24.2. The lowest BCUT2D eigenvalue weighted by atomic mass is 9.98. The molecule has 1 heterocycles. The highest BCUT2D eigenvalue weighted by atomic mass is 16.5. The van der Waals surface area contributed by atoms with Crippen molar-refractivity contribution in [2.75, 3.05) is 6.61 Å². The highest BCUT2D eigenvalue weighted by Gasteiger charge is 2.31. The second kappa shape index (κ2) is 12.7. The molecule has 1 aliphatic rings. The van der Waals surface area contributed by atoms with Crippen molar-refractivity contribution < 1.29 is 29.0 Å². The molecular weight excluding hydrogens is 536 g/mol. The number of carbonyl (C=O) groups is 3.